The first-order valence-electron chi connectivity index (χ1n) is 5.89. The van der Waals surface area contributed by atoms with E-state index >= 15 is 0 Å². The minimum Gasteiger partial charge on any atom is -0.397 e. The number of carbonyl (C=O) groups excluding carboxylic acids is 1. The summed E-state index contributed by atoms with van der Waals surface area (Å²) < 4.78 is 0.727. The Morgan fingerprint density at radius 3 is 2.95 bits per heavy atom. The number of amides is 1. The molecule has 0 radical (unpaired) electrons. The summed E-state index contributed by atoms with van der Waals surface area (Å²) in [5.41, 5.74) is 9.82. The molecule has 0 bridgehead atoms. The van der Waals surface area contributed by atoms with Gasteiger partial charge in [-0.05, 0) is 40.5 Å². The Morgan fingerprint density at radius 1 is 1.42 bits per heavy atom. The summed E-state index contributed by atoms with van der Waals surface area (Å²) >= 11 is 3.34. The number of hydrogen-bond donors (Lipinski definition) is 1. The van der Waals surface area contributed by atoms with Crippen LogP contribution in [0.5, 0.6) is 0 Å². The molecule has 5 heteroatoms. The Morgan fingerprint density at radius 2 is 2.21 bits per heavy atom. The van der Waals surface area contributed by atoms with Crippen molar-refractivity contribution < 1.29 is 4.79 Å². The highest BCUT2D eigenvalue weighted by Gasteiger charge is 2.32. The lowest BCUT2D eigenvalue weighted by atomic mass is 10.2. The predicted molar refractivity (Wildman–Crippen MR) is 78.0 cm³/mol. The molecular formula is C14H12BrN3O. The van der Waals surface area contributed by atoms with E-state index in [0.29, 0.717) is 17.9 Å². The van der Waals surface area contributed by atoms with E-state index in [-0.39, 0.29) is 5.91 Å². The fourth-order valence-electron chi connectivity index (χ4n) is 2.25. The van der Waals surface area contributed by atoms with Crippen LogP contribution in [-0.4, -0.2) is 10.9 Å². The maximum atomic E-state index is 12.4. The molecule has 0 fully saturated rings. The van der Waals surface area contributed by atoms with Crippen molar-refractivity contribution >= 4 is 33.2 Å². The van der Waals surface area contributed by atoms with Gasteiger partial charge in [0.1, 0.15) is 5.69 Å². The quantitative estimate of drug-likeness (QED) is 0.879. The molecule has 0 saturated carbocycles. The number of nitrogen functional groups attached to an aromatic ring is 1. The Labute approximate surface area is 119 Å². The molecule has 0 saturated heterocycles. The van der Waals surface area contributed by atoms with Gasteiger partial charge in [-0.1, -0.05) is 12.1 Å². The third-order valence-electron chi connectivity index (χ3n) is 3.25. The first-order chi connectivity index (χ1) is 9.08. The smallest absolute Gasteiger partial charge is 0.277 e. The highest BCUT2D eigenvalue weighted by molar-refractivity contribution is 9.10. The molecule has 0 spiro atoms. The van der Waals surface area contributed by atoms with E-state index in [1.807, 2.05) is 31.2 Å². The van der Waals surface area contributed by atoms with Crippen LogP contribution < -0.4 is 10.6 Å². The molecule has 3 rings (SSSR count). The molecule has 2 aromatic rings. The minimum absolute atomic E-state index is 0.0974. The number of pyridine rings is 1. The van der Waals surface area contributed by atoms with Crippen molar-refractivity contribution in [1.82, 2.24) is 4.98 Å². The molecule has 1 aromatic heterocycles. The fraction of sp³-hybridized carbons (Fsp3) is 0.143. The van der Waals surface area contributed by atoms with Crippen LogP contribution in [0.3, 0.4) is 0 Å². The zero-order valence-corrected chi connectivity index (χ0v) is 11.9. The van der Waals surface area contributed by atoms with Crippen molar-refractivity contribution in [2.45, 2.75) is 13.5 Å². The average Bonchev–Trinajstić information content (AvgIpc) is 2.72. The van der Waals surface area contributed by atoms with Crippen LogP contribution in [0.15, 0.2) is 34.9 Å². The van der Waals surface area contributed by atoms with Crippen molar-refractivity contribution in [2.75, 3.05) is 10.6 Å². The molecule has 1 aliphatic heterocycles. The van der Waals surface area contributed by atoms with Crippen molar-refractivity contribution in [2.24, 2.45) is 0 Å². The summed E-state index contributed by atoms with van der Waals surface area (Å²) in [5.74, 6) is -0.0974. The Kier molecular flexibility index (Phi) is 2.78. The summed E-state index contributed by atoms with van der Waals surface area (Å²) in [6.45, 7) is 2.47. The molecule has 1 amide bonds. The number of halogens is 1. The molecule has 0 unspecified atom stereocenters. The predicted octanol–water partition coefficient (Wildman–Crippen LogP) is 2.90. The van der Waals surface area contributed by atoms with Gasteiger partial charge in [-0.2, -0.15) is 0 Å². The second kappa shape index (κ2) is 4.35. The number of aryl methyl sites for hydroxylation is 1. The van der Waals surface area contributed by atoms with Gasteiger partial charge in [0, 0.05) is 17.4 Å². The molecule has 2 N–H and O–H groups in total. The molecule has 1 aliphatic rings. The number of nitrogens with two attached hydrogens (primary N) is 1. The van der Waals surface area contributed by atoms with Crippen LogP contribution >= 0.6 is 15.9 Å². The maximum Gasteiger partial charge on any atom is 0.277 e. The number of nitrogens with zero attached hydrogens (tertiary/aromatic N) is 2. The summed E-state index contributed by atoms with van der Waals surface area (Å²) in [6, 6.07) is 7.84. The minimum atomic E-state index is -0.0974. The zero-order chi connectivity index (χ0) is 13.6. The topological polar surface area (TPSA) is 59.2 Å². The lowest BCUT2D eigenvalue weighted by molar-refractivity contribution is 0.0992. The lowest BCUT2D eigenvalue weighted by Crippen LogP contribution is -2.23. The molecular weight excluding hydrogens is 306 g/mol. The van der Waals surface area contributed by atoms with Gasteiger partial charge in [0.15, 0.2) is 0 Å². The molecule has 0 atom stereocenters. The zero-order valence-electron chi connectivity index (χ0n) is 10.4. The van der Waals surface area contributed by atoms with Gasteiger partial charge in [0.2, 0.25) is 0 Å². The van der Waals surface area contributed by atoms with Gasteiger partial charge in [-0.3, -0.25) is 4.79 Å². The van der Waals surface area contributed by atoms with Gasteiger partial charge in [-0.25, -0.2) is 4.98 Å². The van der Waals surface area contributed by atoms with E-state index in [4.69, 9.17) is 5.73 Å². The van der Waals surface area contributed by atoms with Gasteiger partial charge >= 0.3 is 0 Å². The number of rotatable bonds is 1. The SMILES string of the molecule is Cc1cccc(N2Cc3c(ncc(Br)c3N)C2=O)c1. The van der Waals surface area contributed by atoms with E-state index in [1.165, 1.54) is 0 Å². The normalized spacial score (nSPS) is 13.8. The van der Waals surface area contributed by atoms with Crippen LogP contribution in [0.25, 0.3) is 0 Å². The third kappa shape index (κ3) is 1.90. The van der Waals surface area contributed by atoms with Crippen LogP contribution in [0, 0.1) is 6.92 Å². The Hall–Kier alpha value is -1.88. The lowest BCUT2D eigenvalue weighted by Gasteiger charge is -2.15. The molecule has 19 heavy (non-hydrogen) atoms. The number of benzene rings is 1. The van der Waals surface area contributed by atoms with E-state index in [1.54, 1.807) is 11.1 Å². The van der Waals surface area contributed by atoms with Crippen molar-refractivity contribution in [3.8, 4) is 0 Å². The molecule has 2 heterocycles. The highest BCUT2D eigenvalue weighted by Crippen LogP contribution is 2.33. The fourth-order valence-corrected chi connectivity index (χ4v) is 2.59. The Bertz CT molecular complexity index is 684. The second-order valence-electron chi connectivity index (χ2n) is 4.58. The average molecular weight is 318 g/mol. The van der Waals surface area contributed by atoms with E-state index in [2.05, 4.69) is 20.9 Å². The van der Waals surface area contributed by atoms with Gasteiger partial charge in [0.25, 0.3) is 5.91 Å². The number of aromatic nitrogens is 1. The number of anilines is 2. The van der Waals surface area contributed by atoms with Gasteiger partial charge in [-0.15, -0.1) is 0 Å². The standard InChI is InChI=1S/C14H12BrN3O/c1-8-3-2-4-9(5-8)18-7-10-12(16)11(15)6-17-13(10)14(18)19/h2-6H,7H2,1H3,(H2,16,17). The van der Waals surface area contributed by atoms with E-state index < -0.39 is 0 Å². The maximum absolute atomic E-state index is 12.4. The van der Waals surface area contributed by atoms with Crippen LogP contribution in [0.1, 0.15) is 21.6 Å². The van der Waals surface area contributed by atoms with E-state index in [9.17, 15) is 4.79 Å². The highest BCUT2D eigenvalue weighted by atomic mass is 79.9. The first kappa shape index (κ1) is 12.2. The summed E-state index contributed by atoms with van der Waals surface area (Å²) in [4.78, 5) is 18.2. The van der Waals surface area contributed by atoms with Crippen LogP contribution in [-0.2, 0) is 6.54 Å². The largest absolute Gasteiger partial charge is 0.397 e. The summed E-state index contributed by atoms with van der Waals surface area (Å²) in [5, 5.41) is 0. The number of fused-ring (bicyclic) bond motifs is 1. The second-order valence-corrected chi connectivity index (χ2v) is 5.43. The van der Waals surface area contributed by atoms with E-state index in [0.717, 1.165) is 21.3 Å². The third-order valence-corrected chi connectivity index (χ3v) is 3.88. The molecule has 1 aromatic carbocycles. The monoisotopic (exact) mass is 317 g/mol. The van der Waals surface area contributed by atoms with Crippen molar-refractivity contribution in [3.05, 3.63) is 51.8 Å². The Balaban J connectivity index is 2.06. The van der Waals surface area contributed by atoms with Crippen LogP contribution in [0.4, 0.5) is 11.4 Å². The van der Waals surface area contributed by atoms with Crippen LogP contribution in [0.2, 0.25) is 0 Å². The molecule has 96 valence electrons. The first-order valence-corrected chi connectivity index (χ1v) is 6.68. The van der Waals surface area contributed by atoms with Crippen molar-refractivity contribution in [1.29, 1.82) is 0 Å². The molecule has 0 aliphatic carbocycles. The molecule has 4 nitrogen and oxygen atoms in total. The van der Waals surface area contributed by atoms with Gasteiger partial charge in [0.05, 0.1) is 16.7 Å². The summed E-state index contributed by atoms with van der Waals surface area (Å²) in [6.07, 6.45) is 1.58. The van der Waals surface area contributed by atoms with Gasteiger partial charge < -0.3 is 10.6 Å². The van der Waals surface area contributed by atoms with Crippen molar-refractivity contribution in [3.63, 3.8) is 0 Å². The summed E-state index contributed by atoms with van der Waals surface area (Å²) in [7, 11) is 0. The number of hydrogen-bond acceptors (Lipinski definition) is 3. The number of carbonyl (C=O) groups is 1.